The Kier molecular flexibility index (Phi) is 12.1. The summed E-state index contributed by atoms with van der Waals surface area (Å²) < 4.78 is 23.3. The van der Waals surface area contributed by atoms with Crippen molar-refractivity contribution in [2.45, 2.75) is 38.6 Å². The molecule has 1 rings (SSSR count). The van der Waals surface area contributed by atoms with Gasteiger partial charge in [0.2, 0.25) is 0 Å². The van der Waals surface area contributed by atoms with Crippen LogP contribution in [0.3, 0.4) is 0 Å². The minimum Gasteiger partial charge on any atom is -0.356 e. The molecule has 0 spiro atoms. The lowest BCUT2D eigenvalue weighted by Crippen LogP contribution is -2.38. The first-order valence-electron chi connectivity index (χ1n) is 8.78. The van der Waals surface area contributed by atoms with E-state index in [9.17, 15) is 8.42 Å². The Morgan fingerprint density at radius 3 is 2.35 bits per heavy atom. The zero-order chi connectivity index (χ0) is 18.9. The quantitative estimate of drug-likeness (QED) is 0.238. The number of aryl methyl sites for hydroxylation is 1. The number of sulfone groups is 1. The van der Waals surface area contributed by atoms with Gasteiger partial charge in [0.25, 0.3) is 0 Å². The number of nitrogens with one attached hydrogen (secondary N) is 2. The van der Waals surface area contributed by atoms with E-state index in [-0.39, 0.29) is 24.0 Å². The van der Waals surface area contributed by atoms with Gasteiger partial charge in [-0.1, -0.05) is 26.0 Å². The Balaban J connectivity index is 0.00000625. The Hall–Kier alpha value is -0.870. The van der Waals surface area contributed by atoms with Crippen molar-refractivity contribution in [3.8, 4) is 0 Å². The highest BCUT2D eigenvalue weighted by Gasteiger charge is 2.10. The molecule has 0 aliphatic carbocycles. The van der Waals surface area contributed by atoms with Crippen molar-refractivity contribution in [3.05, 3.63) is 29.3 Å². The van der Waals surface area contributed by atoms with Crippen LogP contribution in [0.15, 0.2) is 28.1 Å². The highest BCUT2D eigenvalue weighted by Crippen LogP contribution is 2.16. The molecule has 0 bridgehead atoms. The van der Waals surface area contributed by atoms with Crippen molar-refractivity contribution in [2.24, 2.45) is 4.99 Å². The van der Waals surface area contributed by atoms with Crippen LogP contribution in [0.4, 0.5) is 0 Å². The normalized spacial score (nSPS) is 12.0. The smallest absolute Gasteiger partial charge is 0.191 e. The maximum Gasteiger partial charge on any atom is 0.191 e. The summed E-state index contributed by atoms with van der Waals surface area (Å²) in [6.45, 7) is 10.9. The summed E-state index contributed by atoms with van der Waals surface area (Å²) in [5, 5.41) is 6.57. The van der Waals surface area contributed by atoms with Gasteiger partial charge in [-0.2, -0.15) is 0 Å². The summed E-state index contributed by atoms with van der Waals surface area (Å²) in [5.41, 5.74) is 1.79. The second-order valence-electron chi connectivity index (χ2n) is 6.10. The largest absolute Gasteiger partial charge is 0.356 e. The predicted molar refractivity (Wildman–Crippen MR) is 120 cm³/mol. The van der Waals surface area contributed by atoms with Crippen molar-refractivity contribution >= 4 is 39.8 Å². The lowest BCUT2D eigenvalue weighted by molar-refractivity contribution is 0.300. The first-order chi connectivity index (χ1) is 11.8. The van der Waals surface area contributed by atoms with Gasteiger partial charge in [-0.3, -0.25) is 4.99 Å². The van der Waals surface area contributed by atoms with Crippen LogP contribution in [0.5, 0.6) is 0 Å². The first-order valence-corrected chi connectivity index (χ1v) is 10.7. The molecule has 6 nitrogen and oxygen atoms in total. The fourth-order valence-corrected chi connectivity index (χ4v) is 3.65. The number of hydrogen-bond donors (Lipinski definition) is 2. The fourth-order valence-electron chi connectivity index (χ4n) is 2.69. The Labute approximate surface area is 175 Å². The molecule has 150 valence electrons. The molecule has 0 aromatic heterocycles. The average molecular weight is 496 g/mol. The second kappa shape index (κ2) is 12.5. The van der Waals surface area contributed by atoms with Crippen LogP contribution in [0.1, 0.15) is 31.4 Å². The molecule has 0 radical (unpaired) electrons. The number of rotatable bonds is 9. The maximum absolute atomic E-state index is 11.7. The fraction of sp³-hybridized carbons (Fsp3) is 0.611. The van der Waals surface area contributed by atoms with Gasteiger partial charge in [-0.05, 0) is 50.2 Å². The number of nitrogens with zero attached hydrogens (tertiary/aromatic N) is 2. The molecule has 2 N–H and O–H groups in total. The third kappa shape index (κ3) is 8.68. The number of hydrogen-bond acceptors (Lipinski definition) is 4. The Bertz CT molecular complexity index is 674. The minimum atomic E-state index is -3.17. The summed E-state index contributed by atoms with van der Waals surface area (Å²) >= 11 is 0. The van der Waals surface area contributed by atoms with Crippen LogP contribution in [0, 0.1) is 6.92 Å². The Morgan fingerprint density at radius 1 is 1.19 bits per heavy atom. The highest BCUT2D eigenvalue weighted by atomic mass is 127. The monoisotopic (exact) mass is 496 g/mol. The zero-order valence-electron chi connectivity index (χ0n) is 16.5. The van der Waals surface area contributed by atoms with Gasteiger partial charge in [-0.15, -0.1) is 24.0 Å². The van der Waals surface area contributed by atoms with E-state index in [1.54, 1.807) is 13.1 Å². The zero-order valence-corrected chi connectivity index (χ0v) is 19.6. The van der Waals surface area contributed by atoms with E-state index < -0.39 is 9.84 Å². The topological polar surface area (TPSA) is 73.8 Å². The Morgan fingerprint density at radius 2 is 1.85 bits per heavy atom. The molecule has 8 heteroatoms. The van der Waals surface area contributed by atoms with Gasteiger partial charge < -0.3 is 15.5 Å². The lowest BCUT2D eigenvalue weighted by atomic mass is 10.1. The summed E-state index contributed by atoms with van der Waals surface area (Å²) in [5.74, 6) is 0.754. The summed E-state index contributed by atoms with van der Waals surface area (Å²) in [6, 6.07) is 5.41. The predicted octanol–water partition coefficient (Wildman–Crippen LogP) is 2.41. The molecule has 1 aromatic rings. The molecule has 0 saturated heterocycles. The van der Waals surface area contributed by atoms with E-state index in [0.29, 0.717) is 11.4 Å². The second-order valence-corrected chi connectivity index (χ2v) is 8.09. The summed E-state index contributed by atoms with van der Waals surface area (Å²) in [6.07, 6.45) is 2.29. The van der Waals surface area contributed by atoms with Crippen LogP contribution in [-0.4, -0.2) is 58.8 Å². The van der Waals surface area contributed by atoms with E-state index in [0.717, 1.165) is 49.7 Å². The molecule has 0 saturated carbocycles. The van der Waals surface area contributed by atoms with Crippen LogP contribution >= 0.6 is 24.0 Å². The number of halogens is 1. The minimum absolute atomic E-state index is 0. The lowest BCUT2D eigenvalue weighted by Gasteiger charge is -2.18. The van der Waals surface area contributed by atoms with Crippen molar-refractivity contribution in [2.75, 3.05) is 39.5 Å². The SMILES string of the molecule is CCN(CC)CCCNC(=NC)NCc1ccc(S(C)(=O)=O)c(C)c1.I. The van der Waals surface area contributed by atoms with Crippen molar-refractivity contribution in [3.63, 3.8) is 0 Å². The van der Waals surface area contributed by atoms with Gasteiger partial charge in [0.1, 0.15) is 0 Å². The molecule has 0 heterocycles. The van der Waals surface area contributed by atoms with E-state index >= 15 is 0 Å². The number of benzene rings is 1. The van der Waals surface area contributed by atoms with Crippen LogP contribution in [0.25, 0.3) is 0 Å². The molecule has 26 heavy (non-hydrogen) atoms. The molecular formula is C18H33IN4O2S. The van der Waals surface area contributed by atoms with E-state index in [1.807, 2.05) is 19.1 Å². The highest BCUT2D eigenvalue weighted by molar-refractivity contribution is 14.0. The van der Waals surface area contributed by atoms with Gasteiger partial charge >= 0.3 is 0 Å². The molecule has 0 atom stereocenters. The van der Waals surface area contributed by atoms with Crippen molar-refractivity contribution in [1.82, 2.24) is 15.5 Å². The van der Waals surface area contributed by atoms with E-state index in [2.05, 4.69) is 34.4 Å². The molecule has 0 unspecified atom stereocenters. The molecular weight excluding hydrogens is 463 g/mol. The molecule has 0 amide bonds. The number of guanidine groups is 1. The molecule has 0 aliphatic rings. The van der Waals surface area contributed by atoms with Gasteiger partial charge in [-0.25, -0.2) is 8.42 Å². The standard InChI is InChI=1S/C18H32N4O2S.HI/c1-6-22(7-2)12-8-11-20-18(19-4)21-14-16-9-10-17(15(3)13-16)25(5,23)24;/h9-10,13H,6-8,11-12,14H2,1-5H3,(H2,19,20,21);1H. The van der Waals surface area contributed by atoms with Crippen LogP contribution in [-0.2, 0) is 16.4 Å². The molecule has 0 fully saturated rings. The third-order valence-electron chi connectivity index (χ3n) is 4.16. The van der Waals surface area contributed by atoms with E-state index in [1.165, 1.54) is 6.26 Å². The number of aliphatic imine (C=N–C) groups is 1. The van der Waals surface area contributed by atoms with Gasteiger partial charge in [0, 0.05) is 26.4 Å². The first kappa shape index (κ1) is 25.1. The van der Waals surface area contributed by atoms with E-state index in [4.69, 9.17) is 0 Å². The van der Waals surface area contributed by atoms with Crippen molar-refractivity contribution < 1.29 is 8.42 Å². The van der Waals surface area contributed by atoms with Gasteiger partial charge in [0.05, 0.1) is 4.90 Å². The maximum atomic E-state index is 11.7. The summed E-state index contributed by atoms with van der Waals surface area (Å²) in [4.78, 5) is 7.00. The van der Waals surface area contributed by atoms with Crippen molar-refractivity contribution in [1.29, 1.82) is 0 Å². The third-order valence-corrected chi connectivity index (χ3v) is 5.42. The molecule has 1 aromatic carbocycles. The molecule has 0 aliphatic heterocycles. The average Bonchev–Trinajstić information content (AvgIpc) is 2.56. The van der Waals surface area contributed by atoms with Gasteiger partial charge in [0.15, 0.2) is 15.8 Å². The van der Waals surface area contributed by atoms with Crippen LogP contribution in [0.2, 0.25) is 0 Å². The van der Waals surface area contributed by atoms with Crippen LogP contribution < -0.4 is 10.6 Å². The summed E-state index contributed by atoms with van der Waals surface area (Å²) in [7, 11) is -1.43.